The van der Waals surface area contributed by atoms with E-state index in [0.717, 1.165) is 23.2 Å². The highest BCUT2D eigenvalue weighted by atomic mass is 79.9. The lowest BCUT2D eigenvalue weighted by atomic mass is 10.1. The summed E-state index contributed by atoms with van der Waals surface area (Å²) in [5.74, 6) is 0. The molecule has 0 N–H and O–H groups in total. The van der Waals surface area contributed by atoms with Crippen molar-refractivity contribution in [3.8, 4) is 0 Å². The third-order valence-electron chi connectivity index (χ3n) is 3.31. The van der Waals surface area contributed by atoms with Crippen molar-refractivity contribution in [1.29, 1.82) is 0 Å². The molecule has 0 unspecified atom stereocenters. The van der Waals surface area contributed by atoms with Crippen molar-refractivity contribution in [2.75, 3.05) is 18.0 Å². The Kier molecular flexibility index (Phi) is 3.65. The van der Waals surface area contributed by atoms with E-state index < -0.39 is 0 Å². The first-order valence-corrected chi connectivity index (χ1v) is 7.26. The molecule has 1 saturated heterocycles. The Labute approximate surface area is 121 Å². The third kappa shape index (κ3) is 2.87. The van der Waals surface area contributed by atoms with E-state index in [1.54, 1.807) is 0 Å². The highest BCUT2D eigenvalue weighted by Crippen LogP contribution is 2.24. The average molecular weight is 315 g/mol. The van der Waals surface area contributed by atoms with Crippen LogP contribution in [0.3, 0.4) is 0 Å². The summed E-state index contributed by atoms with van der Waals surface area (Å²) in [5.41, 5.74) is 3.45. The van der Waals surface area contributed by atoms with Crippen molar-refractivity contribution >= 4 is 33.5 Å². The molecule has 1 fully saturated rings. The van der Waals surface area contributed by atoms with Gasteiger partial charge in [-0.25, -0.2) is 0 Å². The second-order valence-corrected chi connectivity index (χ2v) is 5.55. The van der Waals surface area contributed by atoms with Crippen LogP contribution in [0.25, 0.3) is 0 Å². The molecule has 96 valence electrons. The number of hydrogen-bond donors (Lipinski definition) is 0. The first-order chi connectivity index (χ1) is 9.33. The molecule has 2 nitrogen and oxygen atoms in total. The van der Waals surface area contributed by atoms with Crippen molar-refractivity contribution in [2.45, 2.75) is 6.42 Å². The van der Waals surface area contributed by atoms with Gasteiger partial charge in [-0.2, -0.15) is 0 Å². The largest absolute Gasteiger partial charge is 0.371 e. The average Bonchev–Trinajstić information content (AvgIpc) is 2.38. The number of benzene rings is 2. The van der Waals surface area contributed by atoms with Crippen molar-refractivity contribution < 1.29 is 0 Å². The Morgan fingerprint density at radius 1 is 1.00 bits per heavy atom. The molecule has 0 aliphatic carbocycles. The van der Waals surface area contributed by atoms with Crippen LogP contribution in [0.4, 0.5) is 11.4 Å². The van der Waals surface area contributed by atoms with Crippen molar-refractivity contribution in [2.24, 2.45) is 4.99 Å². The first-order valence-electron chi connectivity index (χ1n) is 6.46. The zero-order chi connectivity index (χ0) is 13.1. The Hall–Kier alpha value is -1.61. The molecular formula is C16H15BrN2. The minimum atomic E-state index is 0.974. The van der Waals surface area contributed by atoms with Gasteiger partial charge in [0.15, 0.2) is 0 Å². The molecular weight excluding hydrogens is 300 g/mol. The number of nitrogens with zero attached hydrogens (tertiary/aromatic N) is 2. The van der Waals surface area contributed by atoms with E-state index in [4.69, 9.17) is 0 Å². The monoisotopic (exact) mass is 314 g/mol. The zero-order valence-corrected chi connectivity index (χ0v) is 12.2. The highest BCUT2D eigenvalue weighted by molar-refractivity contribution is 9.10. The highest BCUT2D eigenvalue weighted by Gasteiger charge is 2.16. The van der Waals surface area contributed by atoms with Crippen molar-refractivity contribution in [1.82, 2.24) is 0 Å². The Morgan fingerprint density at radius 3 is 2.42 bits per heavy atom. The van der Waals surface area contributed by atoms with Gasteiger partial charge >= 0.3 is 0 Å². The maximum absolute atomic E-state index is 4.55. The molecule has 2 aromatic carbocycles. The van der Waals surface area contributed by atoms with Gasteiger partial charge in [-0.1, -0.05) is 34.1 Å². The number of aliphatic imine (C=N–C) groups is 1. The number of halogens is 1. The van der Waals surface area contributed by atoms with Gasteiger partial charge in [-0.3, -0.25) is 4.99 Å². The Morgan fingerprint density at radius 2 is 1.74 bits per heavy atom. The van der Waals surface area contributed by atoms with Crippen molar-refractivity contribution in [3.63, 3.8) is 0 Å². The van der Waals surface area contributed by atoms with E-state index in [1.165, 1.54) is 17.7 Å². The molecule has 3 heteroatoms. The quantitative estimate of drug-likeness (QED) is 0.766. The van der Waals surface area contributed by atoms with Crippen LogP contribution in [-0.4, -0.2) is 19.3 Å². The molecule has 19 heavy (non-hydrogen) atoms. The van der Waals surface area contributed by atoms with E-state index in [2.05, 4.69) is 50.1 Å². The fraction of sp³-hybridized carbons (Fsp3) is 0.188. The zero-order valence-electron chi connectivity index (χ0n) is 10.6. The van der Waals surface area contributed by atoms with E-state index in [9.17, 15) is 0 Å². The SMILES string of the molecule is Brc1ccc(N=Cc2ccccc2N2CCC2)cc1. The van der Waals surface area contributed by atoms with Gasteiger partial charge < -0.3 is 4.90 Å². The predicted molar refractivity (Wildman–Crippen MR) is 84.7 cm³/mol. The van der Waals surface area contributed by atoms with Gasteiger partial charge in [0.25, 0.3) is 0 Å². The molecule has 3 rings (SSSR count). The molecule has 0 amide bonds. The second kappa shape index (κ2) is 5.57. The second-order valence-electron chi connectivity index (χ2n) is 4.63. The van der Waals surface area contributed by atoms with Gasteiger partial charge in [-0.15, -0.1) is 0 Å². The molecule has 0 aromatic heterocycles. The molecule has 0 bridgehead atoms. The Bertz CT molecular complexity index is 586. The van der Waals surface area contributed by atoms with E-state index in [-0.39, 0.29) is 0 Å². The molecule has 2 aromatic rings. The van der Waals surface area contributed by atoms with Crippen molar-refractivity contribution in [3.05, 3.63) is 58.6 Å². The van der Waals surface area contributed by atoms with Gasteiger partial charge in [0.1, 0.15) is 0 Å². The van der Waals surface area contributed by atoms with Crippen LogP contribution in [0.1, 0.15) is 12.0 Å². The molecule has 1 heterocycles. The molecule has 0 atom stereocenters. The third-order valence-corrected chi connectivity index (χ3v) is 3.84. The summed E-state index contributed by atoms with van der Waals surface area (Å²) >= 11 is 3.43. The van der Waals surface area contributed by atoms with E-state index in [0.29, 0.717) is 0 Å². The van der Waals surface area contributed by atoms with E-state index in [1.807, 2.05) is 30.5 Å². The maximum atomic E-state index is 4.55. The summed E-state index contributed by atoms with van der Waals surface area (Å²) in [6.07, 6.45) is 3.25. The minimum Gasteiger partial charge on any atom is -0.371 e. The lowest BCUT2D eigenvalue weighted by Crippen LogP contribution is -2.37. The van der Waals surface area contributed by atoms with Crippen LogP contribution in [0.15, 0.2) is 58.0 Å². The standard InChI is InChI=1S/C16H15BrN2/c17-14-6-8-15(9-7-14)18-12-13-4-1-2-5-16(13)19-10-3-11-19/h1-2,4-9,12H,3,10-11H2. The van der Waals surface area contributed by atoms with Crippen LogP contribution in [0.2, 0.25) is 0 Å². The van der Waals surface area contributed by atoms with Gasteiger partial charge in [0, 0.05) is 35.0 Å². The number of rotatable bonds is 3. The first kappa shape index (κ1) is 12.4. The maximum Gasteiger partial charge on any atom is 0.0630 e. The normalized spacial score (nSPS) is 14.7. The summed E-state index contributed by atoms with van der Waals surface area (Å²) in [7, 11) is 0. The van der Waals surface area contributed by atoms with Gasteiger partial charge in [0.2, 0.25) is 0 Å². The fourth-order valence-corrected chi connectivity index (χ4v) is 2.38. The lowest BCUT2D eigenvalue weighted by Gasteiger charge is -2.34. The smallest absolute Gasteiger partial charge is 0.0630 e. The van der Waals surface area contributed by atoms with Crippen LogP contribution in [0.5, 0.6) is 0 Å². The summed E-state index contributed by atoms with van der Waals surface area (Å²) < 4.78 is 1.08. The summed E-state index contributed by atoms with van der Waals surface area (Å²) in [6.45, 7) is 2.31. The molecule has 0 spiro atoms. The number of anilines is 1. The topological polar surface area (TPSA) is 15.6 Å². The predicted octanol–water partition coefficient (Wildman–Crippen LogP) is 4.41. The molecule has 1 aliphatic rings. The van der Waals surface area contributed by atoms with E-state index >= 15 is 0 Å². The lowest BCUT2D eigenvalue weighted by molar-refractivity contribution is 0.617. The van der Waals surface area contributed by atoms with Crippen LogP contribution in [-0.2, 0) is 0 Å². The van der Waals surface area contributed by atoms with Crippen LogP contribution >= 0.6 is 15.9 Å². The van der Waals surface area contributed by atoms with Crippen LogP contribution in [0, 0.1) is 0 Å². The molecule has 1 aliphatic heterocycles. The molecule has 0 saturated carbocycles. The van der Waals surface area contributed by atoms with Gasteiger partial charge in [-0.05, 0) is 36.8 Å². The number of para-hydroxylation sites is 1. The summed E-state index contributed by atoms with van der Waals surface area (Å²) in [5, 5.41) is 0. The minimum absolute atomic E-state index is 0.974. The summed E-state index contributed by atoms with van der Waals surface area (Å²) in [6, 6.07) is 16.5. The number of hydrogen-bond acceptors (Lipinski definition) is 2. The fourth-order valence-electron chi connectivity index (χ4n) is 2.11. The molecule has 0 radical (unpaired) electrons. The Balaban J connectivity index is 1.84. The summed E-state index contributed by atoms with van der Waals surface area (Å²) in [4.78, 5) is 6.94. The van der Waals surface area contributed by atoms with Crippen LogP contribution < -0.4 is 4.90 Å². The van der Waals surface area contributed by atoms with Gasteiger partial charge in [0.05, 0.1) is 5.69 Å².